The predicted octanol–water partition coefficient (Wildman–Crippen LogP) is 2.06. The number of rotatable bonds is 6. The van der Waals surface area contributed by atoms with Crippen molar-refractivity contribution in [2.75, 3.05) is 26.2 Å². The molecule has 2 N–H and O–H groups in total. The molecule has 7 heteroatoms. The van der Waals surface area contributed by atoms with Crippen LogP contribution < -0.4 is 5.14 Å². The fourth-order valence-corrected chi connectivity index (χ4v) is 5.89. The Labute approximate surface area is 162 Å². The van der Waals surface area contributed by atoms with E-state index in [-0.39, 0.29) is 5.54 Å². The molecule has 0 spiro atoms. The van der Waals surface area contributed by atoms with E-state index in [1.54, 1.807) is 0 Å². The molecule has 1 saturated carbocycles. The van der Waals surface area contributed by atoms with Crippen LogP contribution in [0.25, 0.3) is 0 Å². The van der Waals surface area contributed by atoms with Crippen LogP contribution in [0.2, 0.25) is 0 Å². The van der Waals surface area contributed by atoms with E-state index in [2.05, 4.69) is 41.3 Å². The Balaban J connectivity index is 1.28. The van der Waals surface area contributed by atoms with Crippen molar-refractivity contribution in [2.24, 2.45) is 17.0 Å². The van der Waals surface area contributed by atoms with Gasteiger partial charge in [0, 0.05) is 13.1 Å². The molecule has 0 aromatic heterocycles. The molecule has 27 heavy (non-hydrogen) atoms. The smallest absolute Gasteiger partial charge is 0.277 e. The lowest BCUT2D eigenvalue weighted by atomic mass is 9.82. The largest absolute Gasteiger partial charge is 0.294 e. The summed E-state index contributed by atoms with van der Waals surface area (Å²) in [6.07, 6.45) is 5.25. The third-order valence-corrected chi connectivity index (χ3v) is 7.76. The lowest BCUT2D eigenvalue weighted by molar-refractivity contribution is -0.0302. The molecule has 0 unspecified atom stereocenters. The first kappa shape index (κ1) is 18.9. The van der Waals surface area contributed by atoms with Gasteiger partial charge in [0.2, 0.25) is 0 Å². The van der Waals surface area contributed by atoms with Gasteiger partial charge in [-0.2, -0.15) is 18.0 Å². The minimum absolute atomic E-state index is 0.335. The Kier molecular flexibility index (Phi) is 5.02. The van der Waals surface area contributed by atoms with Crippen molar-refractivity contribution >= 4 is 10.2 Å². The maximum atomic E-state index is 11.5. The lowest BCUT2D eigenvalue weighted by Gasteiger charge is -2.55. The highest BCUT2D eigenvalue weighted by Crippen LogP contribution is 2.52. The number of nitrogens with zero attached hydrogens (tertiary/aromatic N) is 3. The second-order valence-electron chi connectivity index (χ2n) is 8.55. The van der Waals surface area contributed by atoms with Gasteiger partial charge in [0.15, 0.2) is 0 Å². The second-order valence-corrected chi connectivity index (χ2v) is 10.1. The van der Waals surface area contributed by atoms with E-state index in [1.807, 2.05) is 0 Å². The van der Waals surface area contributed by atoms with Crippen molar-refractivity contribution in [3.63, 3.8) is 0 Å². The van der Waals surface area contributed by atoms with E-state index < -0.39 is 10.2 Å². The number of hydrogen-bond acceptors (Lipinski definition) is 4. The van der Waals surface area contributed by atoms with Crippen LogP contribution in [0.1, 0.15) is 43.6 Å². The summed E-state index contributed by atoms with van der Waals surface area (Å²) in [4.78, 5) is 2.34. The summed E-state index contributed by atoms with van der Waals surface area (Å²) in [6, 6.07) is 13.1. The first-order valence-electron chi connectivity index (χ1n) is 9.86. The zero-order chi connectivity index (χ0) is 19.1. The molecule has 4 rings (SSSR count). The van der Waals surface area contributed by atoms with Crippen molar-refractivity contribution in [1.29, 1.82) is 5.26 Å². The predicted molar refractivity (Wildman–Crippen MR) is 104 cm³/mol. The van der Waals surface area contributed by atoms with E-state index in [1.165, 1.54) is 22.7 Å². The van der Waals surface area contributed by atoms with Gasteiger partial charge >= 0.3 is 0 Å². The Hall–Kier alpha value is -1.46. The fraction of sp³-hybridized carbons (Fsp3) is 0.650. The molecule has 6 nitrogen and oxygen atoms in total. The summed E-state index contributed by atoms with van der Waals surface area (Å²) in [6.45, 7) is 2.60. The van der Waals surface area contributed by atoms with E-state index in [9.17, 15) is 13.7 Å². The van der Waals surface area contributed by atoms with Crippen LogP contribution in [-0.4, -0.2) is 49.3 Å². The number of nitrogens with two attached hydrogens (primary N) is 1. The fourth-order valence-electron chi connectivity index (χ4n) is 5.05. The van der Waals surface area contributed by atoms with Crippen LogP contribution in [0.3, 0.4) is 0 Å². The van der Waals surface area contributed by atoms with Gasteiger partial charge < -0.3 is 0 Å². The maximum absolute atomic E-state index is 11.5. The summed E-state index contributed by atoms with van der Waals surface area (Å²) in [5, 5.41) is 14.5. The third kappa shape index (κ3) is 3.90. The summed E-state index contributed by atoms with van der Waals surface area (Å²) < 4.78 is 24.3. The molecule has 2 atom stereocenters. The molecule has 2 saturated heterocycles. The molecule has 0 amide bonds. The number of piperidine rings is 1. The lowest BCUT2D eigenvalue weighted by Crippen LogP contribution is -2.72. The molecule has 0 bridgehead atoms. The maximum Gasteiger partial charge on any atom is 0.277 e. The zero-order valence-corrected chi connectivity index (χ0v) is 16.4. The van der Waals surface area contributed by atoms with Crippen molar-refractivity contribution in [2.45, 2.75) is 43.6 Å². The first-order chi connectivity index (χ1) is 12.9. The summed E-state index contributed by atoms with van der Waals surface area (Å²) in [5.41, 5.74) is 1.14. The van der Waals surface area contributed by atoms with Crippen LogP contribution in [0, 0.1) is 23.2 Å². The van der Waals surface area contributed by atoms with E-state index in [0.717, 1.165) is 43.7 Å². The van der Waals surface area contributed by atoms with Crippen LogP contribution in [-0.2, 0) is 10.2 Å². The van der Waals surface area contributed by atoms with E-state index in [4.69, 9.17) is 5.14 Å². The van der Waals surface area contributed by atoms with Crippen LogP contribution in [0.4, 0.5) is 0 Å². The van der Waals surface area contributed by atoms with Crippen molar-refractivity contribution in [1.82, 2.24) is 9.21 Å². The third-order valence-electron chi connectivity index (χ3n) is 6.78. The monoisotopic (exact) mass is 388 g/mol. The van der Waals surface area contributed by atoms with Crippen LogP contribution in [0.15, 0.2) is 30.3 Å². The topological polar surface area (TPSA) is 90.4 Å². The number of benzene rings is 1. The Morgan fingerprint density at radius 1 is 1.19 bits per heavy atom. The van der Waals surface area contributed by atoms with Crippen molar-refractivity contribution < 1.29 is 8.42 Å². The van der Waals surface area contributed by atoms with Gasteiger partial charge in [0.05, 0.1) is 18.0 Å². The zero-order valence-electron chi connectivity index (χ0n) is 15.6. The average Bonchev–Trinajstić information content (AvgIpc) is 3.37. The Morgan fingerprint density at radius 3 is 2.44 bits per heavy atom. The Bertz CT molecular complexity index is 806. The molecule has 0 radical (unpaired) electrons. The van der Waals surface area contributed by atoms with Gasteiger partial charge in [-0.25, -0.2) is 5.14 Å². The first-order valence-corrected chi connectivity index (χ1v) is 11.4. The quantitative estimate of drug-likeness (QED) is 0.808. The SMILES string of the molecule is N#CCC1(N2CCC(C[C@@H]3C[C@H]3c3ccccc3)CC2)CN(S(N)(=O)=O)C1. The number of likely N-dealkylation sites (tertiary alicyclic amines) is 1. The highest BCUT2D eigenvalue weighted by Gasteiger charge is 2.51. The molecule has 1 aliphatic carbocycles. The normalized spacial score (nSPS) is 29.0. The molecular weight excluding hydrogens is 360 g/mol. The standard InChI is InChI=1S/C20H28N4O2S/c21-9-8-20(14-24(15-20)27(22,25)26)23-10-6-16(7-11-23)12-18-13-19(18)17-4-2-1-3-5-17/h1-5,16,18-19H,6-8,10-15H2,(H2,22,25,26)/t18-,19+/m1/s1. The Morgan fingerprint density at radius 2 is 1.85 bits per heavy atom. The van der Waals surface area contributed by atoms with Crippen LogP contribution >= 0.6 is 0 Å². The molecule has 3 aliphatic rings. The van der Waals surface area contributed by atoms with Gasteiger partial charge in [-0.1, -0.05) is 30.3 Å². The minimum atomic E-state index is -3.65. The minimum Gasteiger partial charge on any atom is -0.294 e. The second kappa shape index (κ2) is 7.17. The van der Waals surface area contributed by atoms with E-state index >= 15 is 0 Å². The summed E-state index contributed by atoms with van der Waals surface area (Å²) in [7, 11) is -3.65. The average molecular weight is 389 g/mol. The van der Waals surface area contributed by atoms with Gasteiger partial charge in [-0.05, 0) is 62.1 Å². The summed E-state index contributed by atoms with van der Waals surface area (Å²) in [5.74, 6) is 2.30. The molecule has 1 aromatic carbocycles. The van der Waals surface area contributed by atoms with Gasteiger partial charge in [-0.3, -0.25) is 4.90 Å². The highest BCUT2D eigenvalue weighted by atomic mass is 32.2. The highest BCUT2D eigenvalue weighted by molar-refractivity contribution is 7.86. The van der Waals surface area contributed by atoms with Crippen LogP contribution in [0.5, 0.6) is 0 Å². The van der Waals surface area contributed by atoms with Gasteiger partial charge in [-0.15, -0.1) is 0 Å². The molecule has 2 aliphatic heterocycles. The summed E-state index contributed by atoms with van der Waals surface area (Å²) >= 11 is 0. The van der Waals surface area contributed by atoms with Crippen molar-refractivity contribution in [3.05, 3.63) is 35.9 Å². The number of nitriles is 1. The molecular formula is C20H28N4O2S. The molecule has 1 aromatic rings. The molecule has 3 fully saturated rings. The van der Waals surface area contributed by atoms with Gasteiger partial charge in [0.1, 0.15) is 0 Å². The molecule has 146 valence electrons. The number of hydrogen-bond donors (Lipinski definition) is 1. The van der Waals surface area contributed by atoms with E-state index in [0.29, 0.717) is 19.5 Å². The van der Waals surface area contributed by atoms with Crippen molar-refractivity contribution in [3.8, 4) is 6.07 Å². The van der Waals surface area contributed by atoms with Gasteiger partial charge in [0.25, 0.3) is 10.2 Å². The molecule has 2 heterocycles.